The molecule has 1 rings (SSSR count). The second kappa shape index (κ2) is 6.46. The van der Waals surface area contributed by atoms with E-state index in [1.807, 2.05) is 0 Å². The fraction of sp³-hybridized carbons (Fsp3) is 0.500. The molecule has 2 radical (unpaired) electrons. The van der Waals surface area contributed by atoms with E-state index in [2.05, 4.69) is 32.0 Å². The van der Waals surface area contributed by atoms with Crippen molar-refractivity contribution in [2.75, 3.05) is 21.3 Å². The zero-order valence-corrected chi connectivity index (χ0v) is 13.2. The average Bonchev–Trinajstić information content (AvgIpc) is 2.36. The van der Waals surface area contributed by atoms with Crippen LogP contribution in [0.5, 0.6) is 0 Å². The molecule has 0 fully saturated rings. The van der Waals surface area contributed by atoms with Crippen molar-refractivity contribution in [3.8, 4) is 0 Å². The monoisotopic (exact) mass is 268 g/mol. The topological polar surface area (TPSA) is 27.7 Å². The zero-order valence-electron chi connectivity index (χ0n) is 11.2. The highest BCUT2D eigenvalue weighted by Gasteiger charge is 2.37. The maximum Gasteiger partial charge on any atom is 0.497 e. The normalized spacial score (nSPS) is 11.8. The summed E-state index contributed by atoms with van der Waals surface area (Å²) < 4.78 is 16.3. The van der Waals surface area contributed by atoms with Crippen LogP contribution in [0.15, 0.2) is 18.2 Å². The summed E-state index contributed by atoms with van der Waals surface area (Å²) in [5, 5.41) is 1.37. The van der Waals surface area contributed by atoms with E-state index in [-0.39, 0.29) is 0 Å². The SMILES string of the molecule is CO[Si](C[Si]c1cccc(C)c1C)(OC)OC. The van der Waals surface area contributed by atoms with Crippen LogP contribution in [0.4, 0.5) is 0 Å². The molecule has 0 amide bonds. The van der Waals surface area contributed by atoms with Crippen molar-refractivity contribution in [2.45, 2.75) is 19.5 Å². The maximum absolute atomic E-state index is 5.43. The lowest BCUT2D eigenvalue weighted by Gasteiger charge is -2.24. The molecule has 0 spiro atoms. The van der Waals surface area contributed by atoms with Crippen molar-refractivity contribution in [3.05, 3.63) is 29.3 Å². The van der Waals surface area contributed by atoms with Crippen molar-refractivity contribution in [1.29, 1.82) is 0 Å². The van der Waals surface area contributed by atoms with Crippen LogP contribution in [0.3, 0.4) is 0 Å². The predicted octanol–water partition coefficient (Wildman–Crippen LogP) is 1.47. The molecule has 0 saturated carbocycles. The summed E-state index contributed by atoms with van der Waals surface area (Å²) in [5.41, 5.74) is 3.52. The molecule has 1 aromatic rings. The summed E-state index contributed by atoms with van der Waals surface area (Å²) >= 11 is 0. The van der Waals surface area contributed by atoms with Gasteiger partial charge in [-0.25, -0.2) is 0 Å². The van der Waals surface area contributed by atoms with Crippen LogP contribution in [0.25, 0.3) is 0 Å². The van der Waals surface area contributed by atoms with Crippen LogP contribution in [0.2, 0.25) is 5.67 Å². The van der Waals surface area contributed by atoms with Gasteiger partial charge in [-0.1, -0.05) is 23.4 Å². The molecule has 1 aromatic carbocycles. The molecular weight excluding hydrogens is 248 g/mol. The van der Waals surface area contributed by atoms with Crippen molar-refractivity contribution in [3.63, 3.8) is 0 Å². The summed E-state index contributed by atoms with van der Waals surface area (Å²) in [5.74, 6) is 0. The van der Waals surface area contributed by atoms with E-state index in [0.717, 1.165) is 5.67 Å². The van der Waals surface area contributed by atoms with E-state index in [1.54, 1.807) is 21.3 Å². The van der Waals surface area contributed by atoms with Crippen molar-refractivity contribution in [2.24, 2.45) is 0 Å². The lowest BCUT2D eigenvalue weighted by Crippen LogP contribution is -2.45. The molecule has 0 heterocycles. The number of benzene rings is 1. The first-order valence-electron chi connectivity index (χ1n) is 5.54. The summed E-state index contributed by atoms with van der Waals surface area (Å²) in [4.78, 5) is 0. The summed E-state index contributed by atoms with van der Waals surface area (Å²) in [6.45, 7) is 4.30. The van der Waals surface area contributed by atoms with E-state index in [4.69, 9.17) is 13.3 Å². The van der Waals surface area contributed by atoms with Gasteiger partial charge in [0, 0.05) is 27.0 Å². The lowest BCUT2D eigenvalue weighted by molar-refractivity contribution is 0.129. The minimum absolute atomic E-state index is 0.658. The highest BCUT2D eigenvalue weighted by Crippen LogP contribution is 2.12. The van der Waals surface area contributed by atoms with Gasteiger partial charge in [-0.15, -0.1) is 0 Å². The molecule has 94 valence electrons. The quantitative estimate of drug-likeness (QED) is 0.731. The molecular formula is C12H20O3Si2. The van der Waals surface area contributed by atoms with Crippen LogP contribution >= 0.6 is 0 Å². The molecule has 0 aliphatic carbocycles. The third-order valence-corrected chi connectivity index (χ3v) is 8.26. The lowest BCUT2D eigenvalue weighted by atomic mass is 10.1. The van der Waals surface area contributed by atoms with Crippen LogP contribution in [0.1, 0.15) is 11.1 Å². The van der Waals surface area contributed by atoms with E-state index in [0.29, 0.717) is 9.52 Å². The largest absolute Gasteiger partial charge is 0.497 e. The van der Waals surface area contributed by atoms with Gasteiger partial charge in [0.15, 0.2) is 0 Å². The standard InChI is InChI=1S/C12H20O3Si2/c1-10-7-6-8-12(11(10)2)16-9-17(13-3,14-4)15-5/h6-8H,9H2,1-5H3. The van der Waals surface area contributed by atoms with Gasteiger partial charge in [0.25, 0.3) is 0 Å². The van der Waals surface area contributed by atoms with E-state index in [1.165, 1.54) is 16.3 Å². The summed E-state index contributed by atoms with van der Waals surface area (Å²) in [6, 6.07) is 6.40. The number of rotatable bonds is 6. The van der Waals surface area contributed by atoms with Gasteiger partial charge in [0.1, 0.15) is 0 Å². The Morgan fingerprint density at radius 2 is 1.65 bits per heavy atom. The van der Waals surface area contributed by atoms with Gasteiger partial charge in [-0.3, -0.25) is 0 Å². The fourth-order valence-electron chi connectivity index (χ4n) is 1.61. The minimum atomic E-state index is -2.43. The highest BCUT2D eigenvalue weighted by atomic mass is 28.4. The van der Waals surface area contributed by atoms with Gasteiger partial charge < -0.3 is 13.3 Å². The van der Waals surface area contributed by atoms with E-state index in [9.17, 15) is 0 Å². The molecule has 0 unspecified atom stereocenters. The number of hydrogen-bond donors (Lipinski definition) is 0. The van der Waals surface area contributed by atoms with Gasteiger partial charge in [0.2, 0.25) is 0 Å². The molecule has 0 aromatic heterocycles. The first kappa shape index (κ1) is 14.6. The highest BCUT2D eigenvalue weighted by molar-refractivity contribution is 6.75. The van der Waals surface area contributed by atoms with E-state index < -0.39 is 8.80 Å². The first-order valence-corrected chi connectivity index (χ1v) is 8.68. The van der Waals surface area contributed by atoms with Gasteiger partial charge in [-0.05, 0) is 25.0 Å². The molecule has 17 heavy (non-hydrogen) atoms. The molecule has 0 aliphatic rings. The molecule has 5 heteroatoms. The Morgan fingerprint density at radius 1 is 1.06 bits per heavy atom. The molecule has 0 atom stereocenters. The molecule has 0 bridgehead atoms. The summed E-state index contributed by atoms with van der Waals surface area (Å²) in [7, 11) is 3.21. The zero-order chi connectivity index (χ0) is 12.9. The molecule has 0 N–H and O–H groups in total. The smallest absolute Gasteiger partial charge is 0.377 e. The van der Waals surface area contributed by atoms with Crippen LogP contribution < -0.4 is 5.19 Å². The van der Waals surface area contributed by atoms with Crippen LogP contribution in [0, 0.1) is 13.8 Å². The third-order valence-electron chi connectivity index (χ3n) is 3.03. The fourth-order valence-corrected chi connectivity index (χ4v) is 6.15. The minimum Gasteiger partial charge on any atom is -0.377 e. The number of aryl methyl sites for hydroxylation is 1. The third kappa shape index (κ3) is 3.49. The van der Waals surface area contributed by atoms with Gasteiger partial charge in [0.05, 0.1) is 9.52 Å². The van der Waals surface area contributed by atoms with Crippen molar-refractivity contribution in [1.82, 2.24) is 0 Å². The second-order valence-corrected chi connectivity index (χ2v) is 8.79. The van der Waals surface area contributed by atoms with Gasteiger partial charge in [-0.2, -0.15) is 0 Å². The van der Waals surface area contributed by atoms with Crippen molar-refractivity contribution >= 4 is 23.5 Å². The first-order chi connectivity index (χ1) is 8.08. The van der Waals surface area contributed by atoms with Gasteiger partial charge >= 0.3 is 8.80 Å². The molecule has 0 aliphatic heterocycles. The van der Waals surface area contributed by atoms with Crippen molar-refractivity contribution < 1.29 is 13.3 Å². The Bertz CT molecular complexity index is 357. The molecule has 0 saturated heterocycles. The second-order valence-electron chi connectivity index (χ2n) is 3.90. The number of hydrogen-bond acceptors (Lipinski definition) is 3. The van der Waals surface area contributed by atoms with Crippen LogP contribution in [-0.4, -0.2) is 39.7 Å². The summed E-state index contributed by atoms with van der Waals surface area (Å²) in [6.07, 6.45) is 0. The average molecular weight is 268 g/mol. The Kier molecular flexibility index (Phi) is 5.55. The Labute approximate surface area is 107 Å². The Morgan fingerprint density at radius 3 is 2.18 bits per heavy atom. The van der Waals surface area contributed by atoms with Crippen LogP contribution in [-0.2, 0) is 13.3 Å². The predicted molar refractivity (Wildman–Crippen MR) is 72.9 cm³/mol. The Hall–Kier alpha value is -0.466. The van der Waals surface area contributed by atoms with E-state index >= 15 is 0 Å². The molecule has 3 nitrogen and oxygen atoms in total. The maximum atomic E-state index is 5.43. The Balaban J connectivity index is 2.75.